The predicted molar refractivity (Wildman–Crippen MR) is 117 cm³/mol. The summed E-state index contributed by atoms with van der Waals surface area (Å²) in [6, 6.07) is 9.66. The highest BCUT2D eigenvalue weighted by Gasteiger charge is 2.23. The van der Waals surface area contributed by atoms with Crippen molar-refractivity contribution in [3.63, 3.8) is 0 Å². The maximum Gasteiger partial charge on any atom is 0.341 e. The molecule has 0 saturated carbocycles. The number of anilines is 1. The molecule has 0 atom stereocenters. The molecule has 2 aromatic rings. The van der Waals surface area contributed by atoms with Gasteiger partial charge in [0.15, 0.2) is 0 Å². The van der Waals surface area contributed by atoms with Gasteiger partial charge in [-0.15, -0.1) is 11.3 Å². The number of piperazine rings is 1. The van der Waals surface area contributed by atoms with Crippen LogP contribution in [-0.4, -0.2) is 66.9 Å². The maximum atomic E-state index is 12.5. The number of ether oxygens (including phenoxy) is 1. The first-order valence-corrected chi connectivity index (χ1v) is 10.9. The van der Waals surface area contributed by atoms with E-state index in [0.29, 0.717) is 43.2 Å². The molecule has 7 nitrogen and oxygen atoms in total. The number of esters is 1. The van der Waals surface area contributed by atoms with Crippen LogP contribution < -0.4 is 5.32 Å². The lowest BCUT2D eigenvalue weighted by Crippen LogP contribution is -2.50. The molecule has 1 aromatic carbocycles. The number of carbonyl (C=O) groups excluding carboxylic acids is 3. The standard InChI is InChI=1S/C22H27N3O4S/c1-3-29-22(28)18-8-13-30-21(18)23-19(26)15-24-9-11-25(12-10-24)20(27)14-17-6-4-16(2)5-7-17/h4-8,13H,3,9-12,14-15H2,1-2H3,(H,23,26). The SMILES string of the molecule is CCOC(=O)c1ccsc1NC(=O)CN1CCN(C(=O)Cc2ccc(C)cc2)CC1. The molecule has 0 radical (unpaired) electrons. The average molecular weight is 430 g/mol. The van der Waals surface area contributed by atoms with Gasteiger partial charge in [0.1, 0.15) is 5.00 Å². The molecule has 1 aliphatic heterocycles. The number of amides is 2. The first-order valence-electron chi connectivity index (χ1n) is 10.1. The van der Waals surface area contributed by atoms with Crippen molar-refractivity contribution in [1.29, 1.82) is 0 Å². The van der Waals surface area contributed by atoms with Crippen LogP contribution in [0.2, 0.25) is 0 Å². The monoisotopic (exact) mass is 429 g/mol. The average Bonchev–Trinajstić information content (AvgIpc) is 3.18. The van der Waals surface area contributed by atoms with E-state index in [1.165, 1.54) is 16.9 Å². The highest BCUT2D eigenvalue weighted by Crippen LogP contribution is 2.24. The van der Waals surface area contributed by atoms with Gasteiger partial charge in [0.2, 0.25) is 11.8 Å². The summed E-state index contributed by atoms with van der Waals surface area (Å²) in [5.41, 5.74) is 2.57. The van der Waals surface area contributed by atoms with Crippen molar-refractivity contribution < 1.29 is 19.1 Å². The summed E-state index contributed by atoms with van der Waals surface area (Å²) in [7, 11) is 0. The Kier molecular flexibility index (Phi) is 7.59. The summed E-state index contributed by atoms with van der Waals surface area (Å²) in [6.45, 7) is 6.76. The van der Waals surface area contributed by atoms with Crippen LogP contribution in [0.3, 0.4) is 0 Å². The third kappa shape index (κ3) is 5.90. The van der Waals surface area contributed by atoms with Gasteiger partial charge in [-0.2, -0.15) is 0 Å². The van der Waals surface area contributed by atoms with Gasteiger partial charge < -0.3 is 15.0 Å². The summed E-state index contributed by atoms with van der Waals surface area (Å²) in [4.78, 5) is 40.8. The molecule has 0 aliphatic carbocycles. The van der Waals surface area contributed by atoms with Gasteiger partial charge in [0.05, 0.1) is 25.1 Å². The molecule has 0 unspecified atom stereocenters. The summed E-state index contributed by atoms with van der Waals surface area (Å²) in [5.74, 6) is -0.502. The predicted octanol–water partition coefficient (Wildman–Crippen LogP) is 2.56. The molecule has 1 aromatic heterocycles. The fraction of sp³-hybridized carbons (Fsp3) is 0.409. The van der Waals surface area contributed by atoms with Crippen LogP contribution in [0.25, 0.3) is 0 Å². The number of hydrogen-bond donors (Lipinski definition) is 1. The zero-order valence-corrected chi connectivity index (χ0v) is 18.2. The largest absolute Gasteiger partial charge is 0.462 e. The van der Waals surface area contributed by atoms with Gasteiger partial charge in [0.25, 0.3) is 0 Å². The summed E-state index contributed by atoms with van der Waals surface area (Å²) >= 11 is 1.30. The number of nitrogens with one attached hydrogen (secondary N) is 1. The van der Waals surface area contributed by atoms with E-state index in [-0.39, 0.29) is 25.0 Å². The Morgan fingerprint density at radius 1 is 1.07 bits per heavy atom. The Morgan fingerprint density at radius 3 is 2.43 bits per heavy atom. The van der Waals surface area contributed by atoms with E-state index >= 15 is 0 Å². The highest BCUT2D eigenvalue weighted by atomic mass is 32.1. The lowest BCUT2D eigenvalue weighted by Gasteiger charge is -2.34. The Morgan fingerprint density at radius 2 is 1.77 bits per heavy atom. The number of nitrogens with zero attached hydrogens (tertiary/aromatic N) is 2. The fourth-order valence-corrected chi connectivity index (χ4v) is 4.08. The molecule has 2 amide bonds. The minimum atomic E-state index is -0.435. The zero-order chi connectivity index (χ0) is 21.5. The van der Waals surface area contributed by atoms with E-state index in [1.54, 1.807) is 18.4 Å². The molecule has 8 heteroatoms. The Balaban J connectivity index is 1.45. The van der Waals surface area contributed by atoms with Gasteiger partial charge in [0, 0.05) is 26.2 Å². The topological polar surface area (TPSA) is 79.0 Å². The third-order valence-corrected chi connectivity index (χ3v) is 5.81. The molecule has 1 aliphatic rings. The van der Waals surface area contributed by atoms with Crippen molar-refractivity contribution in [3.8, 4) is 0 Å². The molecule has 30 heavy (non-hydrogen) atoms. The van der Waals surface area contributed by atoms with Crippen LogP contribution in [0.4, 0.5) is 5.00 Å². The molecule has 0 bridgehead atoms. The summed E-state index contributed by atoms with van der Waals surface area (Å²) in [5, 5.41) is 5.06. The zero-order valence-electron chi connectivity index (χ0n) is 17.3. The molecule has 2 heterocycles. The van der Waals surface area contributed by atoms with Crippen LogP contribution in [0.1, 0.15) is 28.4 Å². The molecule has 160 valence electrons. The van der Waals surface area contributed by atoms with Crippen LogP contribution in [0, 0.1) is 6.92 Å². The minimum absolute atomic E-state index is 0.112. The lowest BCUT2D eigenvalue weighted by atomic mass is 10.1. The van der Waals surface area contributed by atoms with Gasteiger partial charge in [-0.05, 0) is 30.9 Å². The number of carbonyl (C=O) groups is 3. The molecule has 1 N–H and O–H groups in total. The van der Waals surface area contributed by atoms with Crippen molar-refractivity contribution >= 4 is 34.1 Å². The van der Waals surface area contributed by atoms with Crippen LogP contribution in [0.5, 0.6) is 0 Å². The highest BCUT2D eigenvalue weighted by molar-refractivity contribution is 7.14. The molecule has 1 saturated heterocycles. The van der Waals surface area contributed by atoms with Gasteiger partial charge in [-0.3, -0.25) is 14.5 Å². The summed E-state index contributed by atoms with van der Waals surface area (Å²) in [6.07, 6.45) is 0.399. The van der Waals surface area contributed by atoms with Gasteiger partial charge >= 0.3 is 5.97 Å². The number of hydrogen-bond acceptors (Lipinski definition) is 6. The third-order valence-electron chi connectivity index (χ3n) is 4.98. The smallest absolute Gasteiger partial charge is 0.341 e. The number of aryl methyl sites for hydroxylation is 1. The van der Waals surface area contributed by atoms with Crippen molar-refractivity contribution in [3.05, 3.63) is 52.4 Å². The van der Waals surface area contributed by atoms with E-state index in [0.717, 1.165) is 5.56 Å². The van der Waals surface area contributed by atoms with Crippen LogP contribution in [0.15, 0.2) is 35.7 Å². The normalized spacial score (nSPS) is 14.4. The van der Waals surface area contributed by atoms with Crippen molar-refractivity contribution in [2.24, 2.45) is 0 Å². The number of benzene rings is 1. The molecule has 3 rings (SSSR count). The fourth-order valence-electron chi connectivity index (χ4n) is 3.29. The Labute approximate surface area is 180 Å². The second-order valence-electron chi connectivity index (χ2n) is 7.25. The van der Waals surface area contributed by atoms with Crippen molar-refractivity contribution in [1.82, 2.24) is 9.80 Å². The minimum Gasteiger partial charge on any atom is -0.462 e. The van der Waals surface area contributed by atoms with E-state index in [4.69, 9.17) is 4.74 Å². The number of rotatable bonds is 7. The quantitative estimate of drug-likeness (QED) is 0.685. The second-order valence-corrected chi connectivity index (χ2v) is 8.17. The van der Waals surface area contributed by atoms with Gasteiger partial charge in [-0.1, -0.05) is 29.8 Å². The van der Waals surface area contributed by atoms with Crippen molar-refractivity contribution in [2.45, 2.75) is 20.3 Å². The Hall–Kier alpha value is -2.71. The van der Waals surface area contributed by atoms with E-state index in [2.05, 4.69) is 5.32 Å². The first kappa shape index (κ1) is 22.0. The maximum absolute atomic E-state index is 12.5. The van der Waals surface area contributed by atoms with E-state index in [9.17, 15) is 14.4 Å². The first-order chi connectivity index (χ1) is 14.5. The molecule has 1 fully saturated rings. The van der Waals surface area contributed by atoms with Crippen molar-refractivity contribution in [2.75, 3.05) is 44.6 Å². The molecular formula is C22H27N3O4S. The second kappa shape index (κ2) is 10.4. The van der Waals surface area contributed by atoms with Crippen LogP contribution in [-0.2, 0) is 20.7 Å². The Bertz CT molecular complexity index is 886. The summed E-state index contributed by atoms with van der Waals surface area (Å²) < 4.78 is 5.01. The van der Waals surface area contributed by atoms with E-state index < -0.39 is 5.97 Å². The van der Waals surface area contributed by atoms with Crippen LogP contribution >= 0.6 is 11.3 Å². The molecular weight excluding hydrogens is 402 g/mol. The number of thiophene rings is 1. The lowest BCUT2D eigenvalue weighted by molar-refractivity contribution is -0.132. The molecule has 0 spiro atoms. The van der Waals surface area contributed by atoms with Gasteiger partial charge in [-0.25, -0.2) is 4.79 Å². The van der Waals surface area contributed by atoms with E-state index in [1.807, 2.05) is 41.0 Å².